The third-order valence-electron chi connectivity index (χ3n) is 3.16. The number of halogens is 1. The predicted molar refractivity (Wildman–Crippen MR) is 94.5 cm³/mol. The summed E-state index contributed by atoms with van der Waals surface area (Å²) in [5, 5.41) is 7.52. The summed E-state index contributed by atoms with van der Waals surface area (Å²) in [6.45, 7) is 4.99. The Labute approximate surface area is 141 Å². The quantitative estimate of drug-likeness (QED) is 0.572. The number of thiazole rings is 1. The maximum atomic E-state index is 6.00. The number of rotatable bonds is 6. The van der Waals surface area contributed by atoms with Crippen molar-refractivity contribution < 1.29 is 0 Å². The molecule has 3 aromatic heterocycles. The summed E-state index contributed by atoms with van der Waals surface area (Å²) in [5.41, 5.74) is 2.37. The standard InChI is InChI=1S/C15H15ClN2S3/c1-2-18(8-13-3-4-14(16)21-13)7-12-10-20-15(17-12)11-5-6-19-9-11/h3-6,9-10H,2,7-8H2,1H3. The Kier molecular flexibility index (Phi) is 5.08. The van der Waals surface area contributed by atoms with Crippen LogP contribution in [0.5, 0.6) is 0 Å². The summed E-state index contributed by atoms with van der Waals surface area (Å²) >= 11 is 11.1. The van der Waals surface area contributed by atoms with Crippen molar-refractivity contribution in [2.24, 2.45) is 0 Å². The van der Waals surface area contributed by atoms with Gasteiger partial charge in [-0.2, -0.15) is 11.3 Å². The van der Waals surface area contributed by atoms with E-state index in [1.54, 1.807) is 34.0 Å². The molecule has 0 spiro atoms. The molecule has 0 aliphatic carbocycles. The third-order valence-corrected chi connectivity index (χ3v) is 6.00. The minimum atomic E-state index is 0.856. The van der Waals surface area contributed by atoms with E-state index in [-0.39, 0.29) is 0 Å². The van der Waals surface area contributed by atoms with E-state index in [2.05, 4.69) is 40.1 Å². The normalized spacial score (nSPS) is 11.4. The molecule has 21 heavy (non-hydrogen) atoms. The molecule has 0 amide bonds. The zero-order valence-corrected chi connectivity index (χ0v) is 14.8. The molecule has 3 aromatic rings. The van der Waals surface area contributed by atoms with Crippen LogP contribution in [0.1, 0.15) is 17.5 Å². The molecule has 0 aromatic carbocycles. The average Bonchev–Trinajstić information content (AvgIpc) is 3.19. The molecule has 2 nitrogen and oxygen atoms in total. The molecule has 3 heterocycles. The molecule has 0 unspecified atom stereocenters. The van der Waals surface area contributed by atoms with Crippen molar-refractivity contribution in [2.45, 2.75) is 20.0 Å². The molecule has 0 fully saturated rings. The number of nitrogens with zero attached hydrogens (tertiary/aromatic N) is 2. The van der Waals surface area contributed by atoms with Gasteiger partial charge in [-0.1, -0.05) is 18.5 Å². The maximum absolute atomic E-state index is 6.00. The first kappa shape index (κ1) is 15.2. The lowest BCUT2D eigenvalue weighted by molar-refractivity contribution is 0.271. The molecule has 0 atom stereocenters. The molecule has 0 saturated heterocycles. The SMILES string of the molecule is CCN(Cc1csc(-c2ccsc2)n1)Cc1ccc(Cl)s1. The fraction of sp³-hybridized carbons (Fsp3) is 0.267. The second kappa shape index (κ2) is 7.03. The first-order valence-corrected chi connectivity index (χ1v) is 9.70. The summed E-state index contributed by atoms with van der Waals surface area (Å²) in [5.74, 6) is 0. The average molecular weight is 355 g/mol. The van der Waals surface area contributed by atoms with Gasteiger partial charge < -0.3 is 0 Å². The van der Waals surface area contributed by atoms with Gasteiger partial charge in [-0.3, -0.25) is 4.90 Å². The van der Waals surface area contributed by atoms with E-state index in [0.717, 1.165) is 34.7 Å². The molecule has 110 valence electrons. The molecule has 0 bridgehead atoms. The number of hydrogen-bond donors (Lipinski definition) is 0. The summed E-state index contributed by atoms with van der Waals surface area (Å²) in [4.78, 5) is 8.43. The van der Waals surface area contributed by atoms with Gasteiger partial charge in [-0.25, -0.2) is 4.98 Å². The molecule has 0 aliphatic heterocycles. The van der Waals surface area contributed by atoms with Crippen LogP contribution in [0, 0.1) is 0 Å². The Bertz CT molecular complexity index is 687. The Morgan fingerprint density at radius 3 is 2.76 bits per heavy atom. The van der Waals surface area contributed by atoms with Crippen LogP contribution in [0.3, 0.4) is 0 Å². The van der Waals surface area contributed by atoms with Crippen molar-refractivity contribution in [1.29, 1.82) is 0 Å². The largest absolute Gasteiger partial charge is 0.293 e. The second-order valence-electron chi connectivity index (χ2n) is 4.67. The van der Waals surface area contributed by atoms with E-state index in [0.29, 0.717) is 0 Å². The summed E-state index contributed by atoms with van der Waals surface area (Å²) < 4.78 is 0.856. The highest BCUT2D eigenvalue weighted by Gasteiger charge is 2.10. The van der Waals surface area contributed by atoms with E-state index in [4.69, 9.17) is 16.6 Å². The van der Waals surface area contributed by atoms with Gasteiger partial charge in [0.2, 0.25) is 0 Å². The molecule has 6 heteroatoms. The zero-order chi connectivity index (χ0) is 14.7. The van der Waals surface area contributed by atoms with E-state index in [1.807, 2.05) is 6.07 Å². The molecule has 3 rings (SSSR count). The van der Waals surface area contributed by atoms with Crippen LogP contribution in [-0.4, -0.2) is 16.4 Å². The number of thiophene rings is 2. The summed E-state index contributed by atoms with van der Waals surface area (Å²) in [7, 11) is 0. The van der Waals surface area contributed by atoms with Crippen LogP contribution in [0.2, 0.25) is 4.34 Å². The first-order chi connectivity index (χ1) is 10.2. The monoisotopic (exact) mass is 354 g/mol. The van der Waals surface area contributed by atoms with Crippen LogP contribution in [0.4, 0.5) is 0 Å². The maximum Gasteiger partial charge on any atom is 0.124 e. The van der Waals surface area contributed by atoms with Gasteiger partial charge in [0.1, 0.15) is 5.01 Å². The fourth-order valence-corrected chi connectivity index (χ4v) is 4.72. The minimum absolute atomic E-state index is 0.856. The highest BCUT2D eigenvalue weighted by molar-refractivity contribution is 7.16. The molecule has 0 radical (unpaired) electrons. The van der Waals surface area contributed by atoms with Gasteiger partial charge in [-0.15, -0.1) is 22.7 Å². The first-order valence-electron chi connectivity index (χ1n) is 6.68. The van der Waals surface area contributed by atoms with Crippen molar-refractivity contribution in [3.63, 3.8) is 0 Å². The fourth-order valence-electron chi connectivity index (χ4n) is 2.06. The van der Waals surface area contributed by atoms with E-state index < -0.39 is 0 Å². The van der Waals surface area contributed by atoms with E-state index in [9.17, 15) is 0 Å². The van der Waals surface area contributed by atoms with Gasteiger partial charge in [0.05, 0.1) is 10.0 Å². The van der Waals surface area contributed by atoms with Crippen LogP contribution < -0.4 is 0 Å². The highest BCUT2D eigenvalue weighted by Crippen LogP contribution is 2.27. The van der Waals surface area contributed by atoms with Crippen LogP contribution in [-0.2, 0) is 13.1 Å². The number of hydrogen-bond acceptors (Lipinski definition) is 5. The Balaban J connectivity index is 1.66. The lowest BCUT2D eigenvalue weighted by atomic mass is 10.3. The van der Waals surface area contributed by atoms with Crippen molar-refractivity contribution in [3.05, 3.63) is 49.2 Å². The van der Waals surface area contributed by atoms with Crippen molar-refractivity contribution in [2.75, 3.05) is 6.54 Å². The molecule has 0 N–H and O–H groups in total. The summed E-state index contributed by atoms with van der Waals surface area (Å²) in [6.07, 6.45) is 0. The number of aromatic nitrogens is 1. The van der Waals surface area contributed by atoms with Crippen LogP contribution >= 0.6 is 45.6 Å². The predicted octanol–water partition coefficient (Wildman–Crippen LogP) is 5.61. The smallest absolute Gasteiger partial charge is 0.124 e. The molecular formula is C15H15ClN2S3. The third kappa shape index (κ3) is 3.93. The Morgan fingerprint density at radius 1 is 1.19 bits per heavy atom. The zero-order valence-electron chi connectivity index (χ0n) is 11.6. The lowest BCUT2D eigenvalue weighted by Crippen LogP contribution is -2.21. The second-order valence-corrected chi connectivity index (χ2v) is 8.10. The van der Waals surface area contributed by atoms with Crippen molar-refractivity contribution in [1.82, 2.24) is 9.88 Å². The van der Waals surface area contributed by atoms with Crippen molar-refractivity contribution >= 4 is 45.6 Å². The van der Waals surface area contributed by atoms with Gasteiger partial charge in [0, 0.05) is 34.3 Å². The topological polar surface area (TPSA) is 16.1 Å². The van der Waals surface area contributed by atoms with Gasteiger partial charge in [0.25, 0.3) is 0 Å². The summed E-state index contributed by atoms with van der Waals surface area (Å²) in [6, 6.07) is 6.19. The van der Waals surface area contributed by atoms with Gasteiger partial charge in [0.15, 0.2) is 0 Å². The molecule has 0 aliphatic rings. The van der Waals surface area contributed by atoms with Crippen molar-refractivity contribution in [3.8, 4) is 10.6 Å². The van der Waals surface area contributed by atoms with Gasteiger partial charge >= 0.3 is 0 Å². The molecular weight excluding hydrogens is 340 g/mol. The Morgan fingerprint density at radius 2 is 2.10 bits per heavy atom. The van der Waals surface area contributed by atoms with E-state index >= 15 is 0 Å². The Hall–Kier alpha value is -0.720. The van der Waals surface area contributed by atoms with Gasteiger partial charge in [-0.05, 0) is 30.1 Å². The minimum Gasteiger partial charge on any atom is -0.293 e. The van der Waals surface area contributed by atoms with E-state index in [1.165, 1.54) is 10.4 Å². The van der Waals surface area contributed by atoms with Crippen LogP contribution in [0.15, 0.2) is 34.3 Å². The highest BCUT2D eigenvalue weighted by atomic mass is 35.5. The molecule has 0 saturated carbocycles. The lowest BCUT2D eigenvalue weighted by Gasteiger charge is -2.18. The van der Waals surface area contributed by atoms with Crippen LogP contribution in [0.25, 0.3) is 10.6 Å².